The number of hydrogen-bond acceptors (Lipinski definition) is 4. The van der Waals surface area contributed by atoms with Gasteiger partial charge < -0.3 is 10.2 Å². The number of nitrogens with zero attached hydrogens (tertiary/aromatic N) is 2. The van der Waals surface area contributed by atoms with Crippen LogP contribution in [-0.2, 0) is 4.79 Å². The molecule has 2 saturated heterocycles. The molecule has 0 saturated carbocycles. The molecule has 1 spiro atoms. The largest absolute Gasteiger partial charge is 0.336 e. The number of hydrogen-bond donors (Lipinski definition) is 2. The van der Waals surface area contributed by atoms with Crippen molar-refractivity contribution in [3.63, 3.8) is 0 Å². The average molecular weight is 309 g/mol. The van der Waals surface area contributed by atoms with E-state index in [-0.39, 0.29) is 23.5 Å². The fraction of sp³-hybridized carbons (Fsp3) is 0.385. The van der Waals surface area contributed by atoms with E-state index in [0.29, 0.717) is 24.9 Å². The molecule has 2 N–H and O–H groups in total. The summed E-state index contributed by atoms with van der Waals surface area (Å²) in [5, 5.41) is 4.98. The maximum atomic E-state index is 12.5. The van der Waals surface area contributed by atoms with Gasteiger partial charge in [0.1, 0.15) is 10.7 Å². The number of piperidine rings is 1. The summed E-state index contributed by atoms with van der Waals surface area (Å²) in [5.41, 5.74) is -0.736. The number of pyridine rings is 1. The van der Waals surface area contributed by atoms with Crippen LogP contribution in [0, 0.1) is 0 Å². The summed E-state index contributed by atoms with van der Waals surface area (Å²) < 4.78 is 0. The zero-order valence-corrected chi connectivity index (χ0v) is 11.8. The van der Waals surface area contributed by atoms with Crippen molar-refractivity contribution < 1.29 is 14.4 Å². The smallest absolute Gasteiger partial charge is 0.322 e. The molecule has 2 aliphatic heterocycles. The van der Waals surface area contributed by atoms with Crippen LogP contribution < -0.4 is 10.6 Å². The molecule has 1 aromatic heterocycles. The van der Waals surface area contributed by atoms with Crippen LogP contribution in [0.5, 0.6) is 0 Å². The zero-order valence-electron chi connectivity index (χ0n) is 11.1. The maximum Gasteiger partial charge on any atom is 0.322 e. The van der Waals surface area contributed by atoms with Crippen LogP contribution in [0.1, 0.15) is 23.2 Å². The molecule has 0 bridgehead atoms. The first-order valence-corrected chi connectivity index (χ1v) is 6.93. The van der Waals surface area contributed by atoms with E-state index in [1.165, 1.54) is 11.1 Å². The highest BCUT2D eigenvalue weighted by atomic mass is 35.5. The van der Waals surface area contributed by atoms with Crippen molar-refractivity contribution >= 4 is 29.4 Å². The molecule has 1 atom stereocenters. The van der Waals surface area contributed by atoms with Crippen molar-refractivity contribution in [3.8, 4) is 0 Å². The summed E-state index contributed by atoms with van der Waals surface area (Å²) in [6.07, 6.45) is 2.63. The number of urea groups is 1. The lowest BCUT2D eigenvalue weighted by Gasteiger charge is -2.38. The second-order valence-corrected chi connectivity index (χ2v) is 5.52. The van der Waals surface area contributed by atoms with Crippen molar-refractivity contribution in [2.75, 3.05) is 13.1 Å². The molecule has 1 unspecified atom stereocenters. The molecule has 1 aromatic rings. The lowest BCUT2D eigenvalue weighted by Crippen LogP contribution is -2.59. The highest BCUT2D eigenvalue weighted by molar-refractivity contribution is 6.32. The second kappa shape index (κ2) is 5.00. The molecule has 2 fully saturated rings. The molecule has 3 heterocycles. The van der Waals surface area contributed by atoms with Gasteiger partial charge in [-0.1, -0.05) is 11.6 Å². The summed E-state index contributed by atoms with van der Waals surface area (Å²) in [5.74, 6) is -0.677. The Bertz CT molecular complexity index is 636. The summed E-state index contributed by atoms with van der Waals surface area (Å²) in [4.78, 5) is 41.2. The number of halogens is 1. The summed E-state index contributed by atoms with van der Waals surface area (Å²) >= 11 is 5.93. The Morgan fingerprint density at radius 3 is 2.90 bits per heavy atom. The normalized spacial score (nSPS) is 24.9. The van der Waals surface area contributed by atoms with Gasteiger partial charge in [0.25, 0.3) is 11.8 Å². The first kappa shape index (κ1) is 13.8. The summed E-state index contributed by atoms with van der Waals surface area (Å²) in [6.45, 7) is 0.642. The Labute approximate surface area is 125 Å². The number of imide groups is 1. The minimum Gasteiger partial charge on any atom is -0.336 e. The highest BCUT2D eigenvalue weighted by Gasteiger charge is 2.49. The number of carbonyl (C=O) groups is 3. The third-order valence-corrected chi connectivity index (χ3v) is 4.08. The van der Waals surface area contributed by atoms with E-state index in [1.807, 2.05) is 0 Å². The quantitative estimate of drug-likeness (QED) is 0.585. The van der Waals surface area contributed by atoms with Crippen molar-refractivity contribution in [1.29, 1.82) is 0 Å². The van der Waals surface area contributed by atoms with Gasteiger partial charge in [-0.25, -0.2) is 9.78 Å². The van der Waals surface area contributed by atoms with E-state index in [1.54, 1.807) is 12.1 Å². The Morgan fingerprint density at radius 1 is 1.43 bits per heavy atom. The number of amides is 4. The van der Waals surface area contributed by atoms with E-state index in [9.17, 15) is 14.4 Å². The van der Waals surface area contributed by atoms with Crippen LogP contribution in [0.25, 0.3) is 0 Å². The van der Waals surface area contributed by atoms with Crippen LogP contribution >= 0.6 is 11.6 Å². The average Bonchev–Trinajstić information content (AvgIpc) is 2.72. The number of rotatable bonds is 1. The number of carbonyl (C=O) groups excluding carboxylic acids is 3. The monoisotopic (exact) mass is 308 g/mol. The molecular formula is C13H13ClN4O3. The fourth-order valence-electron chi connectivity index (χ4n) is 2.76. The van der Waals surface area contributed by atoms with Crippen molar-refractivity contribution in [2.45, 2.75) is 18.4 Å². The van der Waals surface area contributed by atoms with E-state index < -0.39 is 11.6 Å². The van der Waals surface area contributed by atoms with Gasteiger partial charge in [0, 0.05) is 12.7 Å². The molecule has 3 rings (SSSR count). The van der Waals surface area contributed by atoms with Crippen LogP contribution in [0.4, 0.5) is 4.79 Å². The summed E-state index contributed by atoms with van der Waals surface area (Å²) in [6, 6.07) is 2.70. The Balaban J connectivity index is 1.84. The van der Waals surface area contributed by atoms with Crippen LogP contribution in [0.15, 0.2) is 18.3 Å². The van der Waals surface area contributed by atoms with E-state index >= 15 is 0 Å². The Kier molecular flexibility index (Phi) is 3.29. The van der Waals surface area contributed by atoms with Gasteiger partial charge in [-0.15, -0.1) is 0 Å². The minimum atomic E-state index is -1.03. The molecule has 4 amide bonds. The van der Waals surface area contributed by atoms with Gasteiger partial charge in [-0.05, 0) is 25.0 Å². The van der Waals surface area contributed by atoms with Crippen LogP contribution in [0.2, 0.25) is 5.15 Å². The van der Waals surface area contributed by atoms with Gasteiger partial charge in [0.15, 0.2) is 0 Å². The predicted octanol–water partition coefficient (Wildman–Crippen LogP) is 0.549. The maximum absolute atomic E-state index is 12.5. The molecular weight excluding hydrogens is 296 g/mol. The first-order valence-electron chi connectivity index (χ1n) is 6.55. The number of nitrogens with one attached hydrogen (secondary N) is 2. The van der Waals surface area contributed by atoms with E-state index in [4.69, 9.17) is 11.6 Å². The molecule has 8 heteroatoms. The molecule has 110 valence electrons. The second-order valence-electron chi connectivity index (χ2n) is 5.16. The lowest BCUT2D eigenvalue weighted by atomic mass is 9.89. The third-order valence-electron chi connectivity index (χ3n) is 3.78. The summed E-state index contributed by atoms with van der Waals surface area (Å²) in [7, 11) is 0. The molecule has 21 heavy (non-hydrogen) atoms. The Hall–Kier alpha value is -2.15. The number of aromatic nitrogens is 1. The van der Waals surface area contributed by atoms with Crippen LogP contribution in [-0.4, -0.2) is 46.4 Å². The first-order chi connectivity index (χ1) is 10.0. The van der Waals surface area contributed by atoms with E-state index in [2.05, 4.69) is 15.6 Å². The van der Waals surface area contributed by atoms with Gasteiger partial charge in [0.05, 0.1) is 12.1 Å². The lowest BCUT2D eigenvalue weighted by molar-refractivity contribution is -0.125. The standard InChI is InChI=1S/C13H13ClN4O3/c14-9-8(3-1-5-15-9)10(19)18-6-2-4-13(7-18)11(20)16-12(21)17-13/h1,3,5H,2,4,6-7H2,(H2,16,17,20,21). The van der Waals surface area contributed by atoms with Gasteiger partial charge in [0.2, 0.25) is 0 Å². The minimum absolute atomic E-state index is 0.127. The molecule has 0 aliphatic carbocycles. The Morgan fingerprint density at radius 2 is 2.24 bits per heavy atom. The highest BCUT2D eigenvalue weighted by Crippen LogP contribution is 2.26. The van der Waals surface area contributed by atoms with Crippen molar-refractivity contribution in [2.24, 2.45) is 0 Å². The topological polar surface area (TPSA) is 91.4 Å². The van der Waals surface area contributed by atoms with Gasteiger partial charge >= 0.3 is 6.03 Å². The number of likely N-dealkylation sites (tertiary alicyclic amines) is 1. The molecule has 2 aliphatic rings. The van der Waals surface area contributed by atoms with Crippen molar-refractivity contribution in [3.05, 3.63) is 29.0 Å². The molecule has 7 nitrogen and oxygen atoms in total. The molecule has 0 aromatic carbocycles. The molecule has 0 radical (unpaired) electrons. The SMILES string of the molecule is O=C1NC(=O)C2(CCCN(C(=O)c3cccnc3Cl)C2)N1. The van der Waals surface area contributed by atoms with Gasteiger partial charge in [-0.2, -0.15) is 0 Å². The fourth-order valence-corrected chi connectivity index (χ4v) is 2.96. The predicted molar refractivity (Wildman–Crippen MR) is 73.8 cm³/mol. The van der Waals surface area contributed by atoms with Crippen molar-refractivity contribution in [1.82, 2.24) is 20.5 Å². The van der Waals surface area contributed by atoms with Gasteiger partial charge in [-0.3, -0.25) is 14.9 Å². The third kappa shape index (κ3) is 2.33. The van der Waals surface area contributed by atoms with Crippen LogP contribution in [0.3, 0.4) is 0 Å². The zero-order chi connectivity index (χ0) is 15.0. The van der Waals surface area contributed by atoms with E-state index in [0.717, 1.165) is 0 Å².